The van der Waals surface area contributed by atoms with Gasteiger partial charge in [0.05, 0.1) is 0 Å². The molecule has 0 atom stereocenters. The van der Waals surface area contributed by atoms with Gasteiger partial charge in [-0.1, -0.05) is 37.6 Å². The summed E-state index contributed by atoms with van der Waals surface area (Å²) in [5.74, 6) is 0.687. The van der Waals surface area contributed by atoms with E-state index in [4.69, 9.17) is 11.1 Å². The molecule has 22 heavy (non-hydrogen) atoms. The van der Waals surface area contributed by atoms with Crippen LogP contribution >= 0.6 is 0 Å². The summed E-state index contributed by atoms with van der Waals surface area (Å²) >= 11 is 0. The average molecular weight is 305 g/mol. The second kappa shape index (κ2) is 10.0. The summed E-state index contributed by atoms with van der Waals surface area (Å²) in [5.41, 5.74) is 7.40. The molecule has 1 aliphatic rings. The molecule has 5 nitrogen and oxygen atoms in total. The molecule has 0 unspecified atom stereocenters. The van der Waals surface area contributed by atoms with Gasteiger partial charge in [0.25, 0.3) is 0 Å². The number of hydrogen-bond acceptors (Lipinski definition) is 1. The number of nitrogens with zero attached hydrogens (tertiary/aromatic N) is 3. The van der Waals surface area contributed by atoms with Crippen molar-refractivity contribution in [2.75, 3.05) is 26.7 Å². The van der Waals surface area contributed by atoms with Gasteiger partial charge in [-0.05, 0) is 32.1 Å². The summed E-state index contributed by atoms with van der Waals surface area (Å²) in [6, 6.07) is 0. The SMILES string of the molecule is CCCN(CCC)/C(N)=N/C(=N)N(C)CCC1=CCCC=C1. The molecule has 0 fully saturated rings. The van der Waals surface area contributed by atoms with Gasteiger partial charge in [0.15, 0.2) is 5.96 Å². The van der Waals surface area contributed by atoms with Crippen molar-refractivity contribution in [1.29, 1.82) is 5.41 Å². The van der Waals surface area contributed by atoms with Crippen molar-refractivity contribution in [2.45, 2.75) is 46.0 Å². The summed E-state index contributed by atoms with van der Waals surface area (Å²) in [7, 11) is 1.90. The maximum Gasteiger partial charge on any atom is 0.220 e. The first-order valence-corrected chi connectivity index (χ1v) is 8.32. The first-order chi connectivity index (χ1) is 10.6. The minimum absolute atomic E-state index is 0.232. The summed E-state index contributed by atoms with van der Waals surface area (Å²) in [5, 5.41) is 8.09. The van der Waals surface area contributed by atoms with Crippen LogP contribution in [0.4, 0.5) is 0 Å². The largest absolute Gasteiger partial charge is 0.369 e. The zero-order valence-electron chi connectivity index (χ0n) is 14.3. The highest BCUT2D eigenvalue weighted by Gasteiger charge is 2.09. The lowest BCUT2D eigenvalue weighted by molar-refractivity contribution is 0.411. The zero-order chi connectivity index (χ0) is 16.4. The Morgan fingerprint density at radius 2 is 1.91 bits per heavy atom. The van der Waals surface area contributed by atoms with E-state index < -0.39 is 0 Å². The Balaban J connectivity index is 2.51. The lowest BCUT2D eigenvalue weighted by Crippen LogP contribution is -2.40. The van der Waals surface area contributed by atoms with Gasteiger partial charge in [-0.15, -0.1) is 0 Å². The highest BCUT2D eigenvalue weighted by molar-refractivity contribution is 5.92. The van der Waals surface area contributed by atoms with Crippen molar-refractivity contribution in [3.8, 4) is 0 Å². The number of nitrogens with one attached hydrogen (secondary N) is 1. The Hall–Kier alpha value is -1.78. The van der Waals surface area contributed by atoms with E-state index in [9.17, 15) is 0 Å². The quantitative estimate of drug-likeness (QED) is 0.561. The van der Waals surface area contributed by atoms with E-state index in [0.717, 1.165) is 51.7 Å². The molecule has 0 aromatic rings. The van der Waals surface area contributed by atoms with E-state index in [1.54, 1.807) is 0 Å². The van der Waals surface area contributed by atoms with Crippen molar-refractivity contribution in [2.24, 2.45) is 10.7 Å². The number of nitrogens with two attached hydrogens (primary N) is 1. The summed E-state index contributed by atoms with van der Waals surface area (Å²) < 4.78 is 0. The number of allylic oxidation sites excluding steroid dienone is 3. The highest BCUT2D eigenvalue weighted by atomic mass is 15.3. The number of hydrogen-bond donors (Lipinski definition) is 2. The van der Waals surface area contributed by atoms with Gasteiger partial charge in [-0.2, -0.15) is 4.99 Å². The van der Waals surface area contributed by atoms with Crippen LogP contribution in [-0.2, 0) is 0 Å². The molecule has 0 amide bonds. The fourth-order valence-electron chi connectivity index (χ4n) is 2.40. The highest BCUT2D eigenvalue weighted by Crippen LogP contribution is 2.13. The molecule has 0 aromatic heterocycles. The van der Waals surface area contributed by atoms with E-state index in [1.165, 1.54) is 5.57 Å². The molecule has 0 aromatic carbocycles. The van der Waals surface area contributed by atoms with Gasteiger partial charge < -0.3 is 15.5 Å². The van der Waals surface area contributed by atoms with Crippen LogP contribution < -0.4 is 5.73 Å². The smallest absolute Gasteiger partial charge is 0.220 e. The van der Waals surface area contributed by atoms with Crippen LogP contribution in [0.5, 0.6) is 0 Å². The van der Waals surface area contributed by atoms with Crippen molar-refractivity contribution < 1.29 is 0 Å². The van der Waals surface area contributed by atoms with Crippen LogP contribution in [0.2, 0.25) is 0 Å². The Kier molecular flexibility index (Phi) is 8.33. The van der Waals surface area contributed by atoms with E-state index >= 15 is 0 Å². The predicted molar refractivity (Wildman–Crippen MR) is 95.2 cm³/mol. The zero-order valence-corrected chi connectivity index (χ0v) is 14.3. The standard InChI is InChI=1S/C17H31N5/c1-4-12-22(13-5-2)17(19)20-16(18)21(3)14-11-15-9-7-6-8-10-15/h7,9-10H,4-6,8,11-14H2,1-3H3,(H3,18,19,20). The van der Waals surface area contributed by atoms with Crippen LogP contribution in [0.15, 0.2) is 28.8 Å². The Bertz CT molecular complexity index is 430. The molecule has 0 saturated carbocycles. The van der Waals surface area contributed by atoms with Crippen molar-refractivity contribution >= 4 is 11.9 Å². The van der Waals surface area contributed by atoms with E-state index in [0.29, 0.717) is 5.96 Å². The molecule has 3 N–H and O–H groups in total. The molecule has 0 spiro atoms. The molecule has 124 valence electrons. The second-order valence-electron chi connectivity index (χ2n) is 5.71. The van der Waals surface area contributed by atoms with Crippen LogP contribution in [0.3, 0.4) is 0 Å². The molecule has 5 heteroatoms. The minimum Gasteiger partial charge on any atom is -0.369 e. The number of rotatable bonds is 7. The Morgan fingerprint density at radius 1 is 1.23 bits per heavy atom. The fraction of sp³-hybridized carbons (Fsp3) is 0.647. The van der Waals surface area contributed by atoms with Gasteiger partial charge in [0.2, 0.25) is 5.96 Å². The predicted octanol–water partition coefficient (Wildman–Crippen LogP) is 2.96. The Morgan fingerprint density at radius 3 is 2.45 bits per heavy atom. The van der Waals surface area contributed by atoms with Gasteiger partial charge in [0.1, 0.15) is 0 Å². The molecule has 0 saturated heterocycles. The third-order valence-electron chi connectivity index (χ3n) is 3.70. The molecule has 0 radical (unpaired) electrons. The topological polar surface area (TPSA) is 68.7 Å². The molecule has 0 bridgehead atoms. The van der Waals surface area contributed by atoms with Crippen molar-refractivity contribution in [3.05, 3.63) is 23.8 Å². The van der Waals surface area contributed by atoms with Gasteiger partial charge in [0, 0.05) is 26.7 Å². The third kappa shape index (κ3) is 6.33. The maximum atomic E-state index is 8.09. The molecular formula is C17H31N5. The fourth-order valence-corrected chi connectivity index (χ4v) is 2.40. The van der Waals surface area contributed by atoms with Crippen LogP contribution in [0, 0.1) is 5.41 Å². The van der Waals surface area contributed by atoms with Gasteiger partial charge >= 0.3 is 0 Å². The first kappa shape index (κ1) is 18.3. The lowest BCUT2D eigenvalue weighted by atomic mass is 10.0. The van der Waals surface area contributed by atoms with Crippen molar-refractivity contribution in [3.63, 3.8) is 0 Å². The van der Waals surface area contributed by atoms with Crippen molar-refractivity contribution in [1.82, 2.24) is 9.80 Å². The summed E-state index contributed by atoms with van der Waals surface area (Å²) in [6.45, 7) is 6.81. The van der Waals surface area contributed by atoms with Gasteiger partial charge in [-0.3, -0.25) is 5.41 Å². The minimum atomic E-state index is 0.232. The molecule has 0 heterocycles. The molecule has 0 aliphatic heterocycles. The van der Waals surface area contributed by atoms with Crippen LogP contribution in [-0.4, -0.2) is 48.4 Å². The number of aliphatic imine (C=N–C) groups is 1. The van der Waals surface area contributed by atoms with E-state index in [-0.39, 0.29) is 5.96 Å². The Labute approximate surface area is 135 Å². The molecule has 1 aliphatic carbocycles. The molecular weight excluding hydrogens is 274 g/mol. The lowest BCUT2D eigenvalue weighted by Gasteiger charge is -2.24. The monoisotopic (exact) mass is 305 g/mol. The number of guanidine groups is 2. The van der Waals surface area contributed by atoms with Gasteiger partial charge in [-0.25, -0.2) is 0 Å². The summed E-state index contributed by atoms with van der Waals surface area (Å²) in [6.07, 6.45) is 11.9. The molecule has 1 rings (SSSR count). The van der Waals surface area contributed by atoms with E-state index in [2.05, 4.69) is 42.0 Å². The average Bonchev–Trinajstić information content (AvgIpc) is 2.53. The summed E-state index contributed by atoms with van der Waals surface area (Å²) in [4.78, 5) is 8.17. The van der Waals surface area contributed by atoms with Crippen LogP contribution in [0.25, 0.3) is 0 Å². The van der Waals surface area contributed by atoms with E-state index in [1.807, 2.05) is 11.9 Å². The normalized spacial score (nSPS) is 14.7. The maximum absolute atomic E-state index is 8.09. The third-order valence-corrected chi connectivity index (χ3v) is 3.70. The first-order valence-electron chi connectivity index (χ1n) is 8.32. The van der Waals surface area contributed by atoms with Crippen LogP contribution in [0.1, 0.15) is 46.0 Å². The second-order valence-corrected chi connectivity index (χ2v) is 5.71.